The van der Waals surface area contributed by atoms with E-state index in [0.717, 1.165) is 27.4 Å². The summed E-state index contributed by atoms with van der Waals surface area (Å²) in [5.74, 6) is 0.0730. The van der Waals surface area contributed by atoms with Crippen molar-refractivity contribution in [2.24, 2.45) is 11.5 Å². The van der Waals surface area contributed by atoms with Crippen LogP contribution in [0.4, 0.5) is 8.63 Å². The lowest BCUT2D eigenvalue weighted by atomic mass is 9.90. The van der Waals surface area contributed by atoms with Gasteiger partial charge in [0.2, 0.25) is 5.84 Å². The summed E-state index contributed by atoms with van der Waals surface area (Å²) in [5, 5.41) is 18.5. The van der Waals surface area contributed by atoms with Gasteiger partial charge in [0.25, 0.3) is 0 Å². The highest BCUT2D eigenvalue weighted by atomic mass is 19.2. The summed E-state index contributed by atoms with van der Waals surface area (Å²) in [6.45, 7) is -2.53. The van der Waals surface area contributed by atoms with Gasteiger partial charge in [0.05, 0.1) is 24.4 Å². The number of rotatable bonds is 8. The molecule has 2 atom stereocenters. The van der Waals surface area contributed by atoms with Crippen LogP contribution in [0.3, 0.4) is 0 Å². The van der Waals surface area contributed by atoms with Crippen LogP contribution in [0.25, 0.3) is 6.08 Å². The SMILES string of the molecule is CC1=CC(N)=[N+]2C1=Cc1ccc(CCCCC=C[C@@H](O)[C@@H](N)CO)n1[B-]2(F)F. The van der Waals surface area contributed by atoms with Crippen LogP contribution >= 0.6 is 0 Å². The number of aryl methyl sites for hydroxylation is 1. The summed E-state index contributed by atoms with van der Waals surface area (Å²) in [4.78, 5) is 0. The molecule has 3 rings (SSSR count). The fraction of sp³-hybridized carbons (Fsp3) is 0.421. The molecule has 9 heteroatoms. The molecule has 28 heavy (non-hydrogen) atoms. The largest absolute Gasteiger partial charge is 0.639 e. The second-order valence-corrected chi connectivity index (χ2v) is 7.37. The number of allylic oxidation sites excluding steroid dienone is 2. The second-order valence-electron chi connectivity index (χ2n) is 7.37. The number of nitrogens with zero attached hydrogens (tertiary/aromatic N) is 2. The van der Waals surface area contributed by atoms with E-state index in [0.29, 0.717) is 29.9 Å². The molecule has 0 amide bonds. The summed E-state index contributed by atoms with van der Waals surface area (Å²) in [7, 11) is 0. The minimum Gasteiger partial charge on any atom is -0.420 e. The molecule has 0 radical (unpaired) electrons. The molecule has 0 aromatic carbocycles. The lowest BCUT2D eigenvalue weighted by molar-refractivity contribution is -0.363. The zero-order chi connectivity index (χ0) is 20.5. The van der Waals surface area contributed by atoms with Crippen molar-refractivity contribution in [3.63, 3.8) is 0 Å². The van der Waals surface area contributed by atoms with Gasteiger partial charge in [-0.1, -0.05) is 12.2 Å². The van der Waals surface area contributed by atoms with E-state index in [4.69, 9.17) is 16.6 Å². The predicted molar refractivity (Wildman–Crippen MR) is 107 cm³/mol. The average molecular weight is 392 g/mol. The van der Waals surface area contributed by atoms with E-state index < -0.39 is 19.1 Å². The molecule has 1 aromatic rings. The van der Waals surface area contributed by atoms with Crippen LogP contribution in [0.1, 0.15) is 37.6 Å². The number of nitrogens with two attached hydrogens (primary N) is 2. The molecule has 6 nitrogen and oxygen atoms in total. The van der Waals surface area contributed by atoms with E-state index in [1.165, 1.54) is 0 Å². The van der Waals surface area contributed by atoms with Gasteiger partial charge in [0.15, 0.2) is 0 Å². The van der Waals surface area contributed by atoms with E-state index in [9.17, 15) is 5.11 Å². The molecule has 2 aliphatic heterocycles. The third-order valence-corrected chi connectivity index (χ3v) is 5.28. The quantitative estimate of drug-likeness (QED) is 0.305. The lowest BCUT2D eigenvalue weighted by Crippen LogP contribution is -2.52. The Balaban J connectivity index is 1.64. The van der Waals surface area contributed by atoms with Crippen LogP contribution in [-0.2, 0) is 6.42 Å². The normalized spacial score (nSPS) is 20.1. The first-order valence-electron chi connectivity index (χ1n) is 9.53. The summed E-state index contributed by atoms with van der Waals surface area (Å²) in [6.07, 6.45) is 8.55. The summed E-state index contributed by atoms with van der Waals surface area (Å²) < 4.78 is 32.5. The van der Waals surface area contributed by atoms with Gasteiger partial charge in [0.1, 0.15) is 0 Å². The van der Waals surface area contributed by atoms with Crippen LogP contribution in [0.2, 0.25) is 0 Å². The average Bonchev–Trinajstić information content (AvgIpc) is 3.18. The molecule has 6 N–H and O–H groups in total. The Labute approximate surface area is 163 Å². The lowest BCUT2D eigenvalue weighted by Gasteiger charge is -2.34. The molecule has 3 heterocycles. The highest BCUT2D eigenvalue weighted by Crippen LogP contribution is 2.34. The topological polar surface area (TPSA) is 100 Å². The smallest absolute Gasteiger partial charge is 0.420 e. The zero-order valence-electron chi connectivity index (χ0n) is 15.9. The van der Waals surface area contributed by atoms with Crippen molar-refractivity contribution in [1.82, 2.24) is 4.48 Å². The molecule has 1 aromatic heterocycles. The maximum absolute atomic E-state index is 15.2. The van der Waals surface area contributed by atoms with Crippen LogP contribution in [0.15, 0.2) is 41.6 Å². The number of hydrogen-bond donors (Lipinski definition) is 4. The number of aliphatic hydroxyl groups excluding tert-OH is 2. The van der Waals surface area contributed by atoms with E-state index in [1.807, 2.05) is 0 Å². The third-order valence-electron chi connectivity index (χ3n) is 5.28. The first kappa shape index (κ1) is 20.5. The van der Waals surface area contributed by atoms with Gasteiger partial charge in [-0.2, -0.15) is 0 Å². The molecule has 0 saturated carbocycles. The maximum atomic E-state index is 15.2. The molecule has 0 aliphatic carbocycles. The molecular weight excluding hydrogens is 365 g/mol. The fourth-order valence-electron chi connectivity index (χ4n) is 3.74. The molecule has 2 aliphatic rings. The zero-order valence-corrected chi connectivity index (χ0v) is 15.9. The first-order chi connectivity index (χ1) is 13.3. The van der Waals surface area contributed by atoms with Gasteiger partial charge in [-0.15, -0.1) is 0 Å². The van der Waals surface area contributed by atoms with E-state index >= 15 is 8.63 Å². The minimum atomic E-state index is -4.02. The first-order valence-corrected chi connectivity index (χ1v) is 9.53. The number of unbranched alkanes of at least 4 members (excludes halogenated alkanes) is 2. The van der Waals surface area contributed by atoms with Crippen LogP contribution in [-0.4, -0.2) is 50.7 Å². The van der Waals surface area contributed by atoms with Crippen molar-refractivity contribution in [2.45, 2.75) is 44.8 Å². The number of amidine groups is 1. The number of aliphatic hydroxyl groups is 2. The summed E-state index contributed by atoms with van der Waals surface area (Å²) in [5.41, 5.74) is 13.6. The Kier molecular flexibility index (Phi) is 5.88. The molecule has 152 valence electrons. The van der Waals surface area contributed by atoms with Crippen molar-refractivity contribution in [1.29, 1.82) is 0 Å². The van der Waals surface area contributed by atoms with Crippen LogP contribution in [0, 0.1) is 0 Å². The Hall–Kier alpha value is -2.23. The third kappa shape index (κ3) is 3.69. The number of aromatic nitrogens is 1. The van der Waals surface area contributed by atoms with Gasteiger partial charge in [-0.05, 0) is 56.0 Å². The summed E-state index contributed by atoms with van der Waals surface area (Å²) >= 11 is 0. The van der Waals surface area contributed by atoms with Gasteiger partial charge in [-0.25, -0.2) is 0 Å². The van der Waals surface area contributed by atoms with Crippen molar-refractivity contribution >= 4 is 18.9 Å². The monoisotopic (exact) mass is 392 g/mol. The number of hydrogen-bond acceptors (Lipinski definition) is 4. The Bertz CT molecular complexity index is 873. The highest BCUT2D eigenvalue weighted by Gasteiger charge is 2.47. The fourth-order valence-corrected chi connectivity index (χ4v) is 3.74. The number of fused-ring (bicyclic) bond motifs is 2. The summed E-state index contributed by atoms with van der Waals surface area (Å²) in [6, 6.07) is 2.78. The molecule has 0 spiro atoms. The Morgan fingerprint density at radius 1 is 1.29 bits per heavy atom. The van der Waals surface area contributed by atoms with Gasteiger partial charge < -0.3 is 33.5 Å². The molecular formula is C19H27BF2N4O2. The Morgan fingerprint density at radius 3 is 2.75 bits per heavy atom. The van der Waals surface area contributed by atoms with Gasteiger partial charge in [0, 0.05) is 17.8 Å². The van der Waals surface area contributed by atoms with Crippen molar-refractivity contribution < 1.29 is 23.3 Å². The maximum Gasteiger partial charge on any atom is 0.639 e. The Morgan fingerprint density at radius 2 is 2.04 bits per heavy atom. The van der Waals surface area contributed by atoms with Crippen molar-refractivity contribution in [3.8, 4) is 0 Å². The van der Waals surface area contributed by atoms with Crippen molar-refractivity contribution in [2.75, 3.05) is 6.61 Å². The molecule has 0 saturated heterocycles. The minimum absolute atomic E-state index is 0.0730. The van der Waals surface area contributed by atoms with Gasteiger partial charge in [-0.3, -0.25) is 5.73 Å². The van der Waals surface area contributed by atoms with Crippen LogP contribution in [0.5, 0.6) is 0 Å². The van der Waals surface area contributed by atoms with Crippen LogP contribution < -0.4 is 11.5 Å². The van der Waals surface area contributed by atoms with E-state index in [2.05, 4.69) is 0 Å². The van der Waals surface area contributed by atoms with Gasteiger partial charge >= 0.3 is 6.97 Å². The molecule has 0 bridgehead atoms. The predicted octanol–water partition coefficient (Wildman–Crippen LogP) is 1.34. The molecule has 0 fully saturated rings. The second kappa shape index (κ2) is 8.02. The van der Waals surface area contributed by atoms with Crippen molar-refractivity contribution in [3.05, 3.63) is 53.0 Å². The van der Waals surface area contributed by atoms with E-state index in [1.54, 1.807) is 43.4 Å². The molecule has 0 unspecified atom stereocenters. The standard InChI is InChI=1S/C19H27BF2N4O2/c1-13-10-19(24)26-17(13)11-15-9-8-14(25(15)20(26,21)22)6-4-2-3-5-7-18(28)16(23)12-27/h5,7-11,16,18,27-28H,2-4,6,12,23-24H2,1H3/t16-,18+/m0/s1. The van der Waals surface area contributed by atoms with E-state index in [-0.39, 0.29) is 12.4 Å². The highest BCUT2D eigenvalue weighted by molar-refractivity contribution is 6.58. The number of halogens is 2.